The SMILES string of the molecule is COc1ccc(N2CCN(C(=O)Cn3c(=O)cnc4ccccc43)CC2)cc1. The van der Waals surface area contributed by atoms with Crippen molar-refractivity contribution < 1.29 is 9.53 Å². The van der Waals surface area contributed by atoms with E-state index in [1.807, 2.05) is 53.4 Å². The second kappa shape index (κ2) is 7.72. The molecule has 0 radical (unpaired) electrons. The fraction of sp³-hybridized carbons (Fsp3) is 0.286. The number of nitrogens with zero attached hydrogens (tertiary/aromatic N) is 4. The Morgan fingerprint density at radius 2 is 1.75 bits per heavy atom. The number of carbonyl (C=O) groups is 1. The zero-order chi connectivity index (χ0) is 19.5. The molecule has 1 aliphatic heterocycles. The highest BCUT2D eigenvalue weighted by Crippen LogP contribution is 2.20. The minimum absolute atomic E-state index is 0.0321. The average molecular weight is 378 g/mol. The molecule has 0 aliphatic carbocycles. The molecular weight excluding hydrogens is 356 g/mol. The van der Waals surface area contributed by atoms with Crippen LogP contribution >= 0.6 is 0 Å². The van der Waals surface area contributed by atoms with Gasteiger partial charge in [0.1, 0.15) is 12.3 Å². The van der Waals surface area contributed by atoms with Gasteiger partial charge in [-0.05, 0) is 36.4 Å². The van der Waals surface area contributed by atoms with Gasteiger partial charge in [0.15, 0.2) is 0 Å². The molecule has 28 heavy (non-hydrogen) atoms. The molecule has 2 heterocycles. The third kappa shape index (κ3) is 3.55. The number of rotatable bonds is 4. The first-order valence-electron chi connectivity index (χ1n) is 9.27. The zero-order valence-electron chi connectivity index (χ0n) is 15.7. The largest absolute Gasteiger partial charge is 0.497 e. The number of para-hydroxylation sites is 2. The minimum Gasteiger partial charge on any atom is -0.497 e. The van der Waals surface area contributed by atoms with Crippen molar-refractivity contribution in [1.82, 2.24) is 14.5 Å². The number of hydrogen-bond donors (Lipinski definition) is 0. The second-order valence-corrected chi connectivity index (χ2v) is 6.74. The Morgan fingerprint density at radius 1 is 1.04 bits per heavy atom. The Balaban J connectivity index is 1.43. The Kier molecular flexibility index (Phi) is 4.97. The summed E-state index contributed by atoms with van der Waals surface area (Å²) in [6.45, 7) is 2.80. The van der Waals surface area contributed by atoms with E-state index in [0.29, 0.717) is 24.1 Å². The molecule has 0 saturated carbocycles. The average Bonchev–Trinajstić information content (AvgIpc) is 2.76. The Morgan fingerprint density at radius 3 is 2.46 bits per heavy atom. The fourth-order valence-electron chi connectivity index (χ4n) is 3.52. The normalized spacial score (nSPS) is 14.3. The maximum atomic E-state index is 12.8. The number of piperazine rings is 1. The number of benzene rings is 2. The van der Waals surface area contributed by atoms with Crippen molar-refractivity contribution in [1.29, 1.82) is 0 Å². The van der Waals surface area contributed by atoms with E-state index in [1.165, 1.54) is 10.8 Å². The van der Waals surface area contributed by atoms with Crippen LogP contribution in [0.2, 0.25) is 0 Å². The maximum absolute atomic E-state index is 12.8. The van der Waals surface area contributed by atoms with Crippen LogP contribution in [0.15, 0.2) is 59.5 Å². The highest BCUT2D eigenvalue weighted by atomic mass is 16.5. The summed E-state index contributed by atoms with van der Waals surface area (Å²) < 4.78 is 6.70. The molecule has 1 fully saturated rings. The highest BCUT2D eigenvalue weighted by molar-refractivity contribution is 5.80. The van der Waals surface area contributed by atoms with Gasteiger partial charge in [-0.2, -0.15) is 0 Å². The summed E-state index contributed by atoms with van der Waals surface area (Å²) in [5, 5.41) is 0. The smallest absolute Gasteiger partial charge is 0.269 e. The summed E-state index contributed by atoms with van der Waals surface area (Å²) in [5.41, 5.74) is 2.24. The summed E-state index contributed by atoms with van der Waals surface area (Å²) in [6.07, 6.45) is 1.28. The van der Waals surface area contributed by atoms with Crippen LogP contribution in [0.1, 0.15) is 0 Å². The molecule has 144 valence electrons. The van der Waals surface area contributed by atoms with Crippen molar-refractivity contribution in [2.24, 2.45) is 0 Å². The predicted molar refractivity (Wildman–Crippen MR) is 108 cm³/mol. The summed E-state index contributed by atoms with van der Waals surface area (Å²) in [7, 11) is 1.65. The summed E-state index contributed by atoms with van der Waals surface area (Å²) >= 11 is 0. The first kappa shape index (κ1) is 18.0. The molecule has 3 aromatic rings. The lowest BCUT2D eigenvalue weighted by Gasteiger charge is -2.36. The summed E-state index contributed by atoms with van der Waals surface area (Å²) in [4.78, 5) is 33.3. The Bertz CT molecular complexity index is 1040. The van der Waals surface area contributed by atoms with Crippen LogP contribution in [0.4, 0.5) is 5.69 Å². The van der Waals surface area contributed by atoms with E-state index in [2.05, 4.69) is 9.88 Å². The number of fused-ring (bicyclic) bond motifs is 1. The van der Waals surface area contributed by atoms with E-state index in [4.69, 9.17) is 4.74 Å². The minimum atomic E-state index is -0.260. The standard InChI is InChI=1S/C21H22N4O3/c1-28-17-8-6-16(7-9-17)23-10-12-24(13-11-23)21(27)15-25-19-5-3-2-4-18(19)22-14-20(25)26/h2-9,14H,10-13,15H2,1H3. The van der Waals surface area contributed by atoms with Crippen molar-refractivity contribution in [2.45, 2.75) is 6.54 Å². The molecule has 1 saturated heterocycles. The number of aromatic nitrogens is 2. The van der Waals surface area contributed by atoms with Gasteiger partial charge in [-0.3, -0.25) is 14.2 Å². The topological polar surface area (TPSA) is 67.7 Å². The predicted octanol–water partition coefficient (Wildman–Crippen LogP) is 1.75. The molecule has 4 rings (SSSR count). The molecule has 0 N–H and O–H groups in total. The van der Waals surface area contributed by atoms with Gasteiger partial charge in [0.2, 0.25) is 5.91 Å². The molecule has 2 aromatic carbocycles. The number of carbonyl (C=O) groups excluding carboxylic acids is 1. The van der Waals surface area contributed by atoms with Gasteiger partial charge in [-0.25, -0.2) is 4.98 Å². The van der Waals surface area contributed by atoms with Gasteiger partial charge in [0.25, 0.3) is 5.56 Å². The van der Waals surface area contributed by atoms with Crippen LogP contribution in [-0.4, -0.2) is 53.6 Å². The van der Waals surface area contributed by atoms with E-state index < -0.39 is 0 Å². The quantitative estimate of drug-likeness (QED) is 0.692. The van der Waals surface area contributed by atoms with Crippen molar-refractivity contribution in [3.63, 3.8) is 0 Å². The van der Waals surface area contributed by atoms with Crippen molar-refractivity contribution >= 4 is 22.6 Å². The van der Waals surface area contributed by atoms with Crippen LogP contribution in [-0.2, 0) is 11.3 Å². The van der Waals surface area contributed by atoms with Crippen molar-refractivity contribution in [2.75, 3.05) is 38.2 Å². The van der Waals surface area contributed by atoms with E-state index in [9.17, 15) is 9.59 Å². The van der Waals surface area contributed by atoms with E-state index in [0.717, 1.165) is 24.5 Å². The van der Waals surface area contributed by atoms with Crippen LogP contribution in [0.5, 0.6) is 5.75 Å². The number of amides is 1. The fourth-order valence-corrected chi connectivity index (χ4v) is 3.52. The summed E-state index contributed by atoms with van der Waals surface area (Å²) in [5.74, 6) is 0.778. The van der Waals surface area contributed by atoms with Gasteiger partial charge in [0, 0.05) is 31.9 Å². The lowest BCUT2D eigenvalue weighted by atomic mass is 10.2. The van der Waals surface area contributed by atoms with Crippen LogP contribution < -0.4 is 15.2 Å². The summed E-state index contributed by atoms with van der Waals surface area (Å²) in [6, 6.07) is 15.3. The zero-order valence-corrected chi connectivity index (χ0v) is 15.7. The lowest BCUT2D eigenvalue weighted by Crippen LogP contribution is -2.50. The molecule has 0 atom stereocenters. The van der Waals surface area contributed by atoms with Crippen LogP contribution in [0.25, 0.3) is 11.0 Å². The van der Waals surface area contributed by atoms with Crippen molar-refractivity contribution in [3.05, 3.63) is 65.1 Å². The molecule has 1 amide bonds. The van der Waals surface area contributed by atoms with Gasteiger partial charge < -0.3 is 14.5 Å². The molecule has 0 spiro atoms. The lowest BCUT2D eigenvalue weighted by molar-refractivity contribution is -0.132. The van der Waals surface area contributed by atoms with E-state index in [-0.39, 0.29) is 18.0 Å². The van der Waals surface area contributed by atoms with Gasteiger partial charge in [-0.1, -0.05) is 12.1 Å². The molecule has 1 aliphatic rings. The molecule has 0 bridgehead atoms. The van der Waals surface area contributed by atoms with E-state index >= 15 is 0 Å². The first-order chi connectivity index (χ1) is 13.7. The molecular formula is C21H22N4O3. The number of methoxy groups -OCH3 is 1. The monoisotopic (exact) mass is 378 g/mol. The Labute approximate surface area is 162 Å². The number of hydrogen-bond acceptors (Lipinski definition) is 5. The van der Waals surface area contributed by atoms with Gasteiger partial charge in [-0.15, -0.1) is 0 Å². The Hall–Kier alpha value is -3.35. The van der Waals surface area contributed by atoms with Gasteiger partial charge in [0.05, 0.1) is 24.3 Å². The number of anilines is 1. The molecule has 0 unspecified atom stereocenters. The molecule has 1 aromatic heterocycles. The van der Waals surface area contributed by atoms with E-state index in [1.54, 1.807) is 7.11 Å². The van der Waals surface area contributed by atoms with Crippen LogP contribution in [0, 0.1) is 0 Å². The molecule has 7 heteroatoms. The van der Waals surface area contributed by atoms with Gasteiger partial charge >= 0.3 is 0 Å². The maximum Gasteiger partial charge on any atom is 0.269 e. The molecule has 7 nitrogen and oxygen atoms in total. The first-order valence-corrected chi connectivity index (χ1v) is 9.27. The van der Waals surface area contributed by atoms with Crippen LogP contribution in [0.3, 0.4) is 0 Å². The highest BCUT2D eigenvalue weighted by Gasteiger charge is 2.22. The third-order valence-corrected chi connectivity index (χ3v) is 5.12. The number of ether oxygens (including phenoxy) is 1. The second-order valence-electron chi connectivity index (χ2n) is 6.74. The third-order valence-electron chi connectivity index (χ3n) is 5.12. The van der Waals surface area contributed by atoms with Crippen molar-refractivity contribution in [3.8, 4) is 5.75 Å².